The molecule has 6 aromatic carbocycles. The SMILES string of the molecule is Cc1ccc(C(NCCCC[C@H](NC(=O)[C@H](Cc2ccccc2)NC(=O)CCCCCCN=[N+]=[N-])C(=O)Nc2ccc(COC(=O)Oc3ccc([N+](=O)[O-])cc3)cc2)(c2ccccc2)c2ccccc2)cc1. The predicted molar refractivity (Wildman–Crippen MR) is 276 cm³/mol. The Morgan fingerprint density at radius 2 is 1.28 bits per heavy atom. The Bertz CT molecular complexity index is 2680. The molecule has 0 saturated carbocycles. The number of nitro groups is 1. The Morgan fingerprint density at radius 3 is 1.90 bits per heavy atom. The van der Waals surface area contributed by atoms with E-state index >= 15 is 0 Å². The first kappa shape index (κ1) is 53.0. The smallest absolute Gasteiger partial charge is 0.429 e. The standard InChI is InChI=1S/C56H60N8O8/c1-41-25-29-46(30-26-41)56(44-19-9-5-10-20-44,45-21-11-6-12-22-45)58-37-16-14-23-50(62-54(67)51(39-42-17-7-4-8-18-42)61-52(65)24-13-2-3-15-38-59-63-57)53(66)60-47-31-27-43(28-32-47)40-71-55(68)72-49-35-33-48(34-36-49)64(69)70/h4-12,17-22,25-36,50-51,58H,2-3,13-16,23-24,37-40H2,1H3,(H,60,66)(H,61,65)(H,62,67)/t50-,51-/m0/s1. The van der Waals surface area contributed by atoms with Crippen LogP contribution in [0.3, 0.4) is 0 Å². The fourth-order valence-corrected chi connectivity index (χ4v) is 8.29. The van der Waals surface area contributed by atoms with Gasteiger partial charge < -0.3 is 25.4 Å². The van der Waals surface area contributed by atoms with Crippen LogP contribution in [0.15, 0.2) is 169 Å². The lowest BCUT2D eigenvalue weighted by atomic mass is 9.76. The maximum Gasteiger partial charge on any atom is 0.514 e. The van der Waals surface area contributed by atoms with Crippen molar-refractivity contribution in [3.05, 3.63) is 218 Å². The summed E-state index contributed by atoms with van der Waals surface area (Å²) in [5.74, 6) is -1.16. The number of hydrogen-bond donors (Lipinski definition) is 4. The number of nitrogens with one attached hydrogen (secondary N) is 4. The first-order valence-corrected chi connectivity index (χ1v) is 24.1. The molecular weight excluding hydrogens is 913 g/mol. The van der Waals surface area contributed by atoms with Gasteiger partial charge in [0.05, 0.1) is 10.5 Å². The third-order valence-corrected chi connectivity index (χ3v) is 12.1. The highest BCUT2D eigenvalue weighted by atomic mass is 16.7. The molecule has 2 atom stereocenters. The van der Waals surface area contributed by atoms with Crippen molar-refractivity contribution in [3.63, 3.8) is 0 Å². The number of nitrogens with zero attached hydrogens (tertiary/aromatic N) is 4. The molecule has 0 unspecified atom stereocenters. The normalized spacial score (nSPS) is 11.8. The zero-order valence-corrected chi connectivity index (χ0v) is 40.3. The van der Waals surface area contributed by atoms with Gasteiger partial charge in [0.1, 0.15) is 24.4 Å². The number of carbonyl (C=O) groups excluding carboxylic acids is 4. The van der Waals surface area contributed by atoms with Gasteiger partial charge in [0, 0.05) is 42.1 Å². The molecule has 0 bridgehead atoms. The Balaban J connectivity index is 1.16. The van der Waals surface area contributed by atoms with Crippen LogP contribution in [0.25, 0.3) is 10.4 Å². The van der Waals surface area contributed by atoms with Crippen LogP contribution in [0.4, 0.5) is 16.2 Å². The van der Waals surface area contributed by atoms with Gasteiger partial charge in [0.25, 0.3) is 5.69 Å². The van der Waals surface area contributed by atoms with E-state index in [1.807, 2.05) is 66.7 Å². The summed E-state index contributed by atoms with van der Waals surface area (Å²) in [6.07, 6.45) is 3.74. The van der Waals surface area contributed by atoms with Crippen LogP contribution < -0.4 is 26.0 Å². The number of amides is 3. The van der Waals surface area contributed by atoms with Crippen molar-refractivity contribution < 1.29 is 33.6 Å². The van der Waals surface area contributed by atoms with Gasteiger partial charge in [-0.25, -0.2) is 4.79 Å². The molecule has 4 N–H and O–H groups in total. The molecule has 0 saturated heterocycles. The second kappa shape index (κ2) is 27.8. The van der Waals surface area contributed by atoms with Gasteiger partial charge >= 0.3 is 6.16 Å². The number of nitro benzene ring substituents is 1. The molecular formula is C56H60N8O8. The number of benzene rings is 6. The Labute approximate surface area is 419 Å². The quantitative estimate of drug-likeness (QED) is 0.00442. The molecule has 6 rings (SSSR count). The molecule has 0 aromatic heterocycles. The van der Waals surface area contributed by atoms with E-state index in [0.29, 0.717) is 43.6 Å². The number of non-ortho nitro benzene ring substituents is 1. The van der Waals surface area contributed by atoms with Crippen LogP contribution in [0.5, 0.6) is 5.75 Å². The zero-order chi connectivity index (χ0) is 51.0. The highest BCUT2D eigenvalue weighted by molar-refractivity contribution is 5.98. The van der Waals surface area contributed by atoms with Crippen molar-refractivity contribution >= 4 is 35.3 Å². The van der Waals surface area contributed by atoms with E-state index in [1.54, 1.807) is 24.3 Å². The number of rotatable bonds is 27. The van der Waals surface area contributed by atoms with Crippen LogP contribution in [0.2, 0.25) is 0 Å². The molecule has 0 heterocycles. The van der Waals surface area contributed by atoms with Gasteiger partial charge in [-0.1, -0.05) is 151 Å². The van der Waals surface area contributed by atoms with Gasteiger partial charge in [-0.05, 0) is 103 Å². The Morgan fingerprint density at radius 1 is 0.667 bits per heavy atom. The van der Waals surface area contributed by atoms with Gasteiger partial charge in [-0.3, -0.25) is 29.8 Å². The van der Waals surface area contributed by atoms with Crippen molar-refractivity contribution in [2.75, 3.05) is 18.4 Å². The molecule has 0 radical (unpaired) electrons. The molecule has 0 aliphatic carbocycles. The third-order valence-electron chi connectivity index (χ3n) is 12.1. The van der Waals surface area contributed by atoms with Crippen molar-refractivity contribution in [3.8, 4) is 5.75 Å². The van der Waals surface area contributed by atoms with Crippen LogP contribution in [0.1, 0.15) is 84.7 Å². The first-order valence-electron chi connectivity index (χ1n) is 24.1. The summed E-state index contributed by atoms with van der Waals surface area (Å²) in [6, 6.07) is 48.1. The summed E-state index contributed by atoms with van der Waals surface area (Å²) in [7, 11) is 0. The minimum Gasteiger partial charge on any atom is -0.429 e. The van der Waals surface area contributed by atoms with Crippen molar-refractivity contribution in [2.24, 2.45) is 5.11 Å². The molecule has 16 heteroatoms. The number of ether oxygens (including phenoxy) is 2. The van der Waals surface area contributed by atoms with E-state index in [-0.39, 0.29) is 43.2 Å². The van der Waals surface area contributed by atoms with E-state index in [0.717, 1.165) is 47.1 Å². The minimum absolute atomic E-state index is 0.0803. The number of aryl methyl sites for hydroxylation is 1. The van der Waals surface area contributed by atoms with Crippen LogP contribution in [-0.2, 0) is 37.7 Å². The topological polar surface area (TPSA) is 227 Å². The van der Waals surface area contributed by atoms with Gasteiger partial charge in [-0.2, -0.15) is 0 Å². The third kappa shape index (κ3) is 16.1. The lowest BCUT2D eigenvalue weighted by Gasteiger charge is -2.37. The summed E-state index contributed by atoms with van der Waals surface area (Å²) in [6.45, 7) is 2.87. The molecule has 72 heavy (non-hydrogen) atoms. The molecule has 3 amide bonds. The minimum atomic E-state index is -1.00. The summed E-state index contributed by atoms with van der Waals surface area (Å²) in [4.78, 5) is 67.5. The van der Waals surface area contributed by atoms with E-state index in [2.05, 4.69) is 86.7 Å². The van der Waals surface area contributed by atoms with Gasteiger partial charge in [-0.15, -0.1) is 0 Å². The van der Waals surface area contributed by atoms with Crippen LogP contribution in [0, 0.1) is 17.0 Å². The van der Waals surface area contributed by atoms with E-state index in [1.165, 1.54) is 24.3 Å². The molecule has 16 nitrogen and oxygen atoms in total. The highest BCUT2D eigenvalue weighted by Gasteiger charge is 2.36. The predicted octanol–water partition coefficient (Wildman–Crippen LogP) is 10.8. The summed E-state index contributed by atoms with van der Waals surface area (Å²) in [5, 5.41) is 27.3. The van der Waals surface area contributed by atoms with Crippen molar-refractivity contribution in [1.82, 2.24) is 16.0 Å². The monoisotopic (exact) mass is 972 g/mol. The molecule has 0 aliphatic rings. The average molecular weight is 973 g/mol. The lowest BCUT2D eigenvalue weighted by Crippen LogP contribution is -2.53. The van der Waals surface area contributed by atoms with E-state index in [9.17, 15) is 29.3 Å². The average Bonchev–Trinajstić information content (AvgIpc) is 3.40. The molecule has 6 aromatic rings. The van der Waals surface area contributed by atoms with Crippen molar-refractivity contribution in [2.45, 2.75) is 88.9 Å². The molecule has 372 valence electrons. The van der Waals surface area contributed by atoms with Crippen LogP contribution >= 0.6 is 0 Å². The second-order valence-corrected chi connectivity index (χ2v) is 17.3. The summed E-state index contributed by atoms with van der Waals surface area (Å²) >= 11 is 0. The Hall–Kier alpha value is -8.33. The molecule has 0 aliphatic heterocycles. The summed E-state index contributed by atoms with van der Waals surface area (Å²) in [5.41, 5.74) is 13.9. The zero-order valence-electron chi connectivity index (χ0n) is 40.3. The maximum atomic E-state index is 14.3. The van der Waals surface area contributed by atoms with Gasteiger partial charge in [0.2, 0.25) is 17.7 Å². The van der Waals surface area contributed by atoms with E-state index in [4.69, 9.17) is 15.0 Å². The molecule has 0 spiro atoms. The number of anilines is 1. The fraction of sp³-hybridized carbons (Fsp3) is 0.286. The number of azide groups is 1. The number of hydrogen-bond acceptors (Lipinski definition) is 10. The number of carbonyl (C=O) groups is 4. The maximum absolute atomic E-state index is 14.3. The van der Waals surface area contributed by atoms with Gasteiger partial charge in [0.15, 0.2) is 0 Å². The molecule has 0 fully saturated rings. The Kier molecular flexibility index (Phi) is 20.4. The number of unbranched alkanes of at least 4 members (excludes halogenated alkanes) is 4. The fourth-order valence-electron chi connectivity index (χ4n) is 8.29. The highest BCUT2D eigenvalue weighted by Crippen LogP contribution is 2.37. The summed E-state index contributed by atoms with van der Waals surface area (Å²) < 4.78 is 10.4. The van der Waals surface area contributed by atoms with Crippen LogP contribution in [-0.4, -0.2) is 54.0 Å². The second-order valence-electron chi connectivity index (χ2n) is 17.3. The van der Waals surface area contributed by atoms with E-state index < -0.39 is 40.5 Å². The lowest BCUT2D eigenvalue weighted by molar-refractivity contribution is -0.384. The first-order chi connectivity index (χ1) is 35.0. The van der Waals surface area contributed by atoms with Crippen molar-refractivity contribution in [1.29, 1.82) is 0 Å². The largest absolute Gasteiger partial charge is 0.514 e.